The van der Waals surface area contributed by atoms with Gasteiger partial charge in [-0.1, -0.05) is 66.7 Å². The Bertz CT molecular complexity index is 972. The van der Waals surface area contributed by atoms with Crippen molar-refractivity contribution >= 4 is 35.0 Å². The molecule has 144 valence electrons. The summed E-state index contributed by atoms with van der Waals surface area (Å²) in [5.74, 6) is 1.24. The fraction of sp³-hybridized carbons (Fsp3) is 0.200. The minimum Gasteiger partial charge on any atom is -0.298 e. The monoisotopic (exact) mass is 411 g/mol. The van der Waals surface area contributed by atoms with E-state index in [9.17, 15) is 4.79 Å². The lowest BCUT2D eigenvalue weighted by atomic mass is 10.1. The molecule has 8 heteroatoms. The number of benzene rings is 2. The molecular weight excluding hydrogens is 390 g/mol. The first-order valence-corrected chi connectivity index (χ1v) is 10.3. The van der Waals surface area contributed by atoms with Crippen molar-refractivity contribution in [1.29, 1.82) is 0 Å². The van der Waals surface area contributed by atoms with Crippen LogP contribution in [0, 0.1) is 6.92 Å². The zero-order valence-electron chi connectivity index (χ0n) is 15.7. The normalized spacial score (nSPS) is 10.5. The average Bonchev–Trinajstić information content (AvgIpc) is 3.08. The summed E-state index contributed by atoms with van der Waals surface area (Å²) in [4.78, 5) is 12.4. The Kier molecular flexibility index (Phi) is 6.78. The fourth-order valence-electron chi connectivity index (χ4n) is 2.55. The molecule has 0 saturated heterocycles. The Morgan fingerprint density at radius 2 is 1.93 bits per heavy atom. The smallest absolute Gasteiger partial charge is 0.257 e. The van der Waals surface area contributed by atoms with Gasteiger partial charge in [0, 0.05) is 17.7 Å². The summed E-state index contributed by atoms with van der Waals surface area (Å²) in [6.07, 6.45) is 0.681. The lowest BCUT2D eigenvalue weighted by molar-refractivity contribution is 0.0977. The Morgan fingerprint density at radius 1 is 1.14 bits per heavy atom. The third-order valence-electron chi connectivity index (χ3n) is 3.95. The van der Waals surface area contributed by atoms with Gasteiger partial charge in [-0.05, 0) is 36.8 Å². The van der Waals surface area contributed by atoms with Gasteiger partial charge in [-0.15, -0.1) is 10.2 Å². The van der Waals surface area contributed by atoms with Crippen molar-refractivity contribution in [2.45, 2.75) is 31.2 Å². The van der Waals surface area contributed by atoms with Gasteiger partial charge < -0.3 is 0 Å². The number of thioether (sulfide) groups is 1. The van der Waals surface area contributed by atoms with Gasteiger partial charge in [0.2, 0.25) is 5.16 Å². The highest BCUT2D eigenvalue weighted by molar-refractivity contribution is 7.98. The molecule has 1 aromatic heterocycles. The molecule has 1 heterocycles. The molecular formula is C20H21N5OS2. The number of rotatable bonds is 6. The highest BCUT2D eigenvalue weighted by atomic mass is 32.2. The first kappa shape index (κ1) is 20.0. The number of carbonyl (C=O) groups excluding carboxylic acids is 1. The molecule has 3 aromatic rings. The first-order valence-electron chi connectivity index (χ1n) is 8.87. The minimum absolute atomic E-state index is 0.197. The number of nitrogens with zero attached hydrogens (tertiary/aromatic N) is 3. The summed E-state index contributed by atoms with van der Waals surface area (Å²) in [5, 5.41) is 12.0. The number of aromatic nitrogens is 3. The number of aryl methyl sites for hydroxylation is 2. The van der Waals surface area contributed by atoms with Crippen LogP contribution in [0.5, 0.6) is 0 Å². The van der Waals surface area contributed by atoms with Crippen LogP contribution in [0.4, 0.5) is 0 Å². The molecule has 0 bridgehead atoms. The second-order valence-corrected chi connectivity index (χ2v) is 7.48. The van der Waals surface area contributed by atoms with Gasteiger partial charge in [0.1, 0.15) is 0 Å². The van der Waals surface area contributed by atoms with Gasteiger partial charge in [-0.3, -0.25) is 15.5 Å². The van der Waals surface area contributed by atoms with Crippen LogP contribution in [0.3, 0.4) is 0 Å². The molecule has 0 radical (unpaired) electrons. The number of amides is 1. The van der Waals surface area contributed by atoms with Crippen LogP contribution >= 0.6 is 24.0 Å². The Hall–Kier alpha value is -2.71. The number of hydrogen-bond acceptors (Lipinski definition) is 5. The predicted octanol–water partition coefficient (Wildman–Crippen LogP) is 3.70. The fourth-order valence-corrected chi connectivity index (χ4v) is 3.60. The van der Waals surface area contributed by atoms with E-state index in [1.54, 1.807) is 22.5 Å². The minimum atomic E-state index is -0.259. The number of nitrogens with one attached hydrogen (secondary N) is 2. The zero-order chi connectivity index (χ0) is 19.9. The topological polar surface area (TPSA) is 71.8 Å². The first-order chi connectivity index (χ1) is 13.6. The molecule has 0 spiro atoms. The van der Waals surface area contributed by atoms with E-state index in [2.05, 4.69) is 33.1 Å². The van der Waals surface area contributed by atoms with Crippen molar-refractivity contribution in [2.75, 3.05) is 5.43 Å². The van der Waals surface area contributed by atoms with Gasteiger partial charge in [-0.25, -0.2) is 4.68 Å². The van der Waals surface area contributed by atoms with E-state index < -0.39 is 0 Å². The lowest BCUT2D eigenvalue weighted by Gasteiger charge is -2.14. The van der Waals surface area contributed by atoms with Gasteiger partial charge >= 0.3 is 0 Å². The van der Waals surface area contributed by atoms with Crippen LogP contribution in [0.2, 0.25) is 0 Å². The van der Waals surface area contributed by atoms with Crippen LogP contribution in [0.25, 0.3) is 0 Å². The third kappa shape index (κ3) is 5.17. The predicted molar refractivity (Wildman–Crippen MR) is 116 cm³/mol. The summed E-state index contributed by atoms with van der Waals surface area (Å²) in [6.45, 7) is 3.93. The van der Waals surface area contributed by atoms with Gasteiger partial charge in [-0.2, -0.15) is 0 Å². The highest BCUT2D eigenvalue weighted by Gasteiger charge is 2.14. The molecule has 0 aliphatic carbocycles. The molecule has 0 atom stereocenters. The van der Waals surface area contributed by atoms with E-state index in [1.165, 1.54) is 5.56 Å². The summed E-state index contributed by atoms with van der Waals surface area (Å²) in [6, 6.07) is 17.5. The second kappa shape index (κ2) is 9.48. The number of hydrogen-bond donors (Lipinski definition) is 2. The summed E-state index contributed by atoms with van der Waals surface area (Å²) in [7, 11) is 0. The Morgan fingerprint density at radius 3 is 2.64 bits per heavy atom. The van der Waals surface area contributed by atoms with Crippen LogP contribution in [0.15, 0.2) is 59.8 Å². The number of carbonyl (C=O) groups is 1. The maximum absolute atomic E-state index is 12.4. The molecule has 0 saturated carbocycles. The van der Waals surface area contributed by atoms with Gasteiger partial charge in [0.15, 0.2) is 10.9 Å². The molecule has 2 N–H and O–H groups in total. The van der Waals surface area contributed by atoms with E-state index in [4.69, 9.17) is 12.2 Å². The largest absolute Gasteiger partial charge is 0.298 e. The highest BCUT2D eigenvalue weighted by Crippen LogP contribution is 2.21. The molecule has 0 unspecified atom stereocenters. The van der Waals surface area contributed by atoms with Crippen molar-refractivity contribution in [1.82, 2.24) is 20.2 Å². The molecule has 0 aliphatic heterocycles. The molecule has 6 nitrogen and oxygen atoms in total. The third-order valence-corrected chi connectivity index (χ3v) is 5.14. The molecule has 0 fully saturated rings. The van der Waals surface area contributed by atoms with Gasteiger partial charge in [0.05, 0.1) is 0 Å². The second-order valence-electron chi connectivity index (χ2n) is 6.13. The standard InChI is InChI=1S/C20H21N5OS2/c1-3-17-22-23-20(28-13-15-9-5-4-6-10-15)25(17)24-19(27)21-18(26)16-11-7-8-14(2)12-16/h4-12H,3,13H2,1-2H3,(H2,21,24,26,27). The Balaban J connectivity index is 1.67. The zero-order valence-corrected chi connectivity index (χ0v) is 17.3. The maximum atomic E-state index is 12.4. The van der Waals surface area contributed by atoms with E-state index >= 15 is 0 Å². The van der Waals surface area contributed by atoms with Crippen molar-refractivity contribution < 1.29 is 4.79 Å². The Labute approximate surface area is 173 Å². The van der Waals surface area contributed by atoms with Crippen molar-refractivity contribution in [3.63, 3.8) is 0 Å². The van der Waals surface area contributed by atoms with Crippen LogP contribution in [-0.2, 0) is 12.2 Å². The van der Waals surface area contributed by atoms with Crippen molar-refractivity contribution in [3.8, 4) is 0 Å². The SMILES string of the molecule is CCc1nnc(SCc2ccccc2)n1NC(=S)NC(=O)c1cccc(C)c1. The summed E-state index contributed by atoms with van der Waals surface area (Å²) in [5.41, 5.74) is 5.79. The molecule has 28 heavy (non-hydrogen) atoms. The lowest BCUT2D eigenvalue weighted by Crippen LogP contribution is -2.38. The molecule has 2 aromatic carbocycles. The number of thiocarbonyl (C=S) groups is 1. The van der Waals surface area contributed by atoms with Gasteiger partial charge in [0.25, 0.3) is 5.91 Å². The maximum Gasteiger partial charge on any atom is 0.257 e. The van der Waals surface area contributed by atoms with Crippen molar-refractivity contribution in [3.05, 3.63) is 77.1 Å². The quantitative estimate of drug-likeness (QED) is 0.476. The van der Waals surface area contributed by atoms with E-state index in [0.717, 1.165) is 17.1 Å². The molecule has 0 aliphatic rings. The molecule has 3 rings (SSSR count). The van der Waals surface area contributed by atoms with Crippen LogP contribution in [-0.4, -0.2) is 25.9 Å². The molecule has 1 amide bonds. The van der Waals surface area contributed by atoms with E-state index in [1.807, 2.05) is 50.2 Å². The van der Waals surface area contributed by atoms with Crippen LogP contribution in [0.1, 0.15) is 34.2 Å². The average molecular weight is 412 g/mol. The van der Waals surface area contributed by atoms with Crippen LogP contribution < -0.4 is 10.7 Å². The van der Waals surface area contributed by atoms with Crippen molar-refractivity contribution in [2.24, 2.45) is 0 Å². The summed E-state index contributed by atoms with van der Waals surface area (Å²) >= 11 is 6.88. The van der Waals surface area contributed by atoms with E-state index in [-0.39, 0.29) is 11.0 Å². The summed E-state index contributed by atoms with van der Waals surface area (Å²) < 4.78 is 1.73. The van der Waals surface area contributed by atoms with E-state index in [0.29, 0.717) is 17.1 Å².